The summed E-state index contributed by atoms with van der Waals surface area (Å²) in [5.41, 5.74) is 1.12. The lowest BCUT2D eigenvalue weighted by Crippen LogP contribution is -2.00. The summed E-state index contributed by atoms with van der Waals surface area (Å²) in [5.74, 6) is -1.05. The Bertz CT molecular complexity index is 357. The average molecular weight is 194 g/mol. The standard InChI is InChI=1S/C10H10O4/c1-14-6-8-2-7(5-11)3-9(4-8)10(12)13/h2-5H,6H2,1H3,(H,12,13). The summed E-state index contributed by atoms with van der Waals surface area (Å²) in [6.07, 6.45) is 0.617. The third kappa shape index (κ3) is 2.40. The smallest absolute Gasteiger partial charge is 0.335 e. The number of hydrogen-bond acceptors (Lipinski definition) is 3. The first-order valence-electron chi connectivity index (χ1n) is 3.98. The molecule has 1 rings (SSSR count). The number of methoxy groups -OCH3 is 1. The van der Waals surface area contributed by atoms with Crippen LogP contribution >= 0.6 is 0 Å². The average Bonchev–Trinajstić information content (AvgIpc) is 2.17. The predicted octanol–water partition coefficient (Wildman–Crippen LogP) is 1.34. The van der Waals surface area contributed by atoms with Crippen molar-refractivity contribution in [3.05, 3.63) is 34.9 Å². The first-order chi connectivity index (χ1) is 6.67. The Morgan fingerprint density at radius 1 is 1.50 bits per heavy atom. The summed E-state index contributed by atoms with van der Waals surface area (Å²) in [7, 11) is 1.51. The summed E-state index contributed by atoms with van der Waals surface area (Å²) in [5, 5.41) is 8.74. The van der Waals surface area contributed by atoms with Crippen molar-refractivity contribution in [2.45, 2.75) is 6.61 Å². The van der Waals surface area contributed by atoms with Gasteiger partial charge in [0.05, 0.1) is 12.2 Å². The Morgan fingerprint density at radius 3 is 2.71 bits per heavy atom. The normalized spacial score (nSPS) is 9.79. The van der Waals surface area contributed by atoms with E-state index in [0.29, 0.717) is 24.0 Å². The van der Waals surface area contributed by atoms with Gasteiger partial charge in [-0.15, -0.1) is 0 Å². The summed E-state index contributed by atoms with van der Waals surface area (Å²) < 4.78 is 4.85. The molecule has 0 saturated carbocycles. The first kappa shape index (κ1) is 10.4. The molecule has 0 atom stereocenters. The highest BCUT2D eigenvalue weighted by Crippen LogP contribution is 2.10. The van der Waals surface area contributed by atoms with Crippen molar-refractivity contribution >= 4 is 12.3 Å². The van der Waals surface area contributed by atoms with Gasteiger partial charge in [0.1, 0.15) is 6.29 Å². The van der Waals surface area contributed by atoms with Gasteiger partial charge < -0.3 is 9.84 Å². The lowest BCUT2D eigenvalue weighted by atomic mass is 10.1. The number of carboxylic acids is 1. The van der Waals surface area contributed by atoms with Crippen molar-refractivity contribution in [3.8, 4) is 0 Å². The van der Waals surface area contributed by atoms with Gasteiger partial charge in [0.15, 0.2) is 0 Å². The van der Waals surface area contributed by atoms with Crippen LogP contribution in [-0.2, 0) is 11.3 Å². The molecular weight excluding hydrogens is 184 g/mol. The largest absolute Gasteiger partial charge is 0.478 e. The highest BCUT2D eigenvalue weighted by atomic mass is 16.5. The number of carbonyl (C=O) groups is 2. The molecule has 0 heterocycles. The molecule has 4 heteroatoms. The van der Waals surface area contributed by atoms with Crippen LogP contribution in [0.2, 0.25) is 0 Å². The molecule has 0 aromatic heterocycles. The minimum Gasteiger partial charge on any atom is -0.478 e. The maximum absolute atomic E-state index is 10.7. The molecule has 0 saturated heterocycles. The first-order valence-corrected chi connectivity index (χ1v) is 3.98. The molecule has 1 N–H and O–H groups in total. The van der Waals surface area contributed by atoms with E-state index in [-0.39, 0.29) is 5.56 Å². The molecule has 0 fully saturated rings. The van der Waals surface area contributed by atoms with Gasteiger partial charge in [0, 0.05) is 12.7 Å². The maximum atomic E-state index is 10.7. The van der Waals surface area contributed by atoms with Gasteiger partial charge in [-0.3, -0.25) is 4.79 Å². The molecule has 0 aliphatic rings. The van der Waals surface area contributed by atoms with Gasteiger partial charge in [0.25, 0.3) is 0 Å². The molecule has 0 bridgehead atoms. The topological polar surface area (TPSA) is 63.6 Å². The van der Waals surface area contributed by atoms with Crippen molar-refractivity contribution in [2.75, 3.05) is 7.11 Å². The molecule has 14 heavy (non-hydrogen) atoms. The van der Waals surface area contributed by atoms with Crippen LogP contribution in [0.1, 0.15) is 26.3 Å². The quantitative estimate of drug-likeness (QED) is 0.734. The van der Waals surface area contributed by atoms with Gasteiger partial charge >= 0.3 is 5.97 Å². The van der Waals surface area contributed by atoms with Crippen LogP contribution in [0.5, 0.6) is 0 Å². The van der Waals surface area contributed by atoms with Crippen molar-refractivity contribution in [3.63, 3.8) is 0 Å². The Labute approximate surface area is 81.1 Å². The van der Waals surface area contributed by atoms with Crippen molar-refractivity contribution in [1.29, 1.82) is 0 Å². The highest BCUT2D eigenvalue weighted by Gasteiger charge is 2.06. The fraction of sp³-hybridized carbons (Fsp3) is 0.200. The van der Waals surface area contributed by atoms with Crippen LogP contribution in [0.4, 0.5) is 0 Å². The number of carboxylic acid groups (broad SMARTS) is 1. The van der Waals surface area contributed by atoms with Gasteiger partial charge in [0.2, 0.25) is 0 Å². The van der Waals surface area contributed by atoms with E-state index in [1.54, 1.807) is 6.07 Å². The highest BCUT2D eigenvalue weighted by molar-refractivity contribution is 5.90. The number of benzene rings is 1. The molecule has 4 nitrogen and oxygen atoms in total. The minimum absolute atomic E-state index is 0.0988. The van der Waals surface area contributed by atoms with Crippen LogP contribution in [0.3, 0.4) is 0 Å². The van der Waals surface area contributed by atoms with E-state index in [9.17, 15) is 9.59 Å². The monoisotopic (exact) mass is 194 g/mol. The summed E-state index contributed by atoms with van der Waals surface area (Å²) in [6.45, 7) is 0.294. The fourth-order valence-electron chi connectivity index (χ4n) is 1.16. The van der Waals surface area contributed by atoms with Gasteiger partial charge in [-0.1, -0.05) is 0 Å². The van der Waals surface area contributed by atoms with Crippen LogP contribution < -0.4 is 0 Å². The van der Waals surface area contributed by atoms with Crippen LogP contribution in [0.15, 0.2) is 18.2 Å². The third-order valence-electron chi connectivity index (χ3n) is 1.71. The SMILES string of the molecule is COCc1cc(C=O)cc(C(=O)O)c1. The summed E-state index contributed by atoms with van der Waals surface area (Å²) in [6, 6.07) is 4.41. The molecule has 0 aliphatic carbocycles. The Morgan fingerprint density at radius 2 is 2.21 bits per heavy atom. The summed E-state index contributed by atoms with van der Waals surface area (Å²) >= 11 is 0. The zero-order chi connectivity index (χ0) is 10.6. The molecule has 0 aliphatic heterocycles. The lowest BCUT2D eigenvalue weighted by Gasteiger charge is -2.02. The molecule has 0 radical (unpaired) electrons. The number of hydrogen-bond donors (Lipinski definition) is 1. The van der Waals surface area contributed by atoms with E-state index in [1.807, 2.05) is 0 Å². The molecule has 0 spiro atoms. The van der Waals surface area contributed by atoms with Gasteiger partial charge in [-0.05, 0) is 23.8 Å². The van der Waals surface area contributed by atoms with E-state index in [1.165, 1.54) is 19.2 Å². The number of ether oxygens (including phenoxy) is 1. The molecule has 0 unspecified atom stereocenters. The number of aromatic carboxylic acids is 1. The van der Waals surface area contributed by atoms with E-state index in [0.717, 1.165) is 0 Å². The van der Waals surface area contributed by atoms with Crippen LogP contribution in [0.25, 0.3) is 0 Å². The lowest BCUT2D eigenvalue weighted by molar-refractivity contribution is 0.0696. The Balaban J connectivity index is 3.12. The van der Waals surface area contributed by atoms with Gasteiger partial charge in [-0.2, -0.15) is 0 Å². The second kappa shape index (κ2) is 4.53. The summed E-state index contributed by atoms with van der Waals surface area (Å²) in [4.78, 5) is 21.2. The third-order valence-corrected chi connectivity index (χ3v) is 1.71. The maximum Gasteiger partial charge on any atom is 0.335 e. The zero-order valence-electron chi connectivity index (χ0n) is 7.69. The molecule has 74 valence electrons. The number of carbonyl (C=O) groups excluding carboxylic acids is 1. The van der Waals surface area contributed by atoms with Crippen molar-refractivity contribution in [1.82, 2.24) is 0 Å². The Hall–Kier alpha value is -1.68. The Kier molecular flexibility index (Phi) is 3.36. The zero-order valence-corrected chi connectivity index (χ0v) is 7.69. The van der Waals surface area contributed by atoms with E-state index >= 15 is 0 Å². The molecule has 1 aromatic carbocycles. The van der Waals surface area contributed by atoms with Crippen molar-refractivity contribution in [2.24, 2.45) is 0 Å². The number of rotatable bonds is 4. The predicted molar refractivity (Wildman–Crippen MR) is 49.5 cm³/mol. The van der Waals surface area contributed by atoms with Crippen LogP contribution in [0, 0.1) is 0 Å². The second-order valence-corrected chi connectivity index (χ2v) is 2.82. The second-order valence-electron chi connectivity index (χ2n) is 2.82. The van der Waals surface area contributed by atoms with Crippen molar-refractivity contribution < 1.29 is 19.4 Å². The van der Waals surface area contributed by atoms with Crippen LogP contribution in [-0.4, -0.2) is 24.5 Å². The fourth-order valence-corrected chi connectivity index (χ4v) is 1.16. The van der Waals surface area contributed by atoms with E-state index < -0.39 is 5.97 Å². The molecular formula is C10H10O4. The van der Waals surface area contributed by atoms with Gasteiger partial charge in [-0.25, -0.2) is 4.79 Å². The minimum atomic E-state index is -1.05. The van der Waals surface area contributed by atoms with E-state index in [4.69, 9.17) is 9.84 Å². The van der Waals surface area contributed by atoms with E-state index in [2.05, 4.69) is 0 Å². The molecule has 1 aromatic rings. The number of aldehydes is 1. The molecule has 0 amide bonds.